The van der Waals surface area contributed by atoms with Gasteiger partial charge in [-0.05, 0) is 11.6 Å². The number of nitrogens with zero attached hydrogens (tertiary/aromatic N) is 3. The summed E-state index contributed by atoms with van der Waals surface area (Å²) in [5, 5.41) is 3.49. The van der Waals surface area contributed by atoms with E-state index >= 15 is 0 Å². The van der Waals surface area contributed by atoms with Crippen LogP contribution in [0.25, 0.3) is 10.4 Å². The fourth-order valence-electron chi connectivity index (χ4n) is 1.32. The van der Waals surface area contributed by atoms with Gasteiger partial charge in [-0.2, -0.15) is 0 Å². The summed E-state index contributed by atoms with van der Waals surface area (Å²) in [7, 11) is 4.63. The first-order valence-electron chi connectivity index (χ1n) is 4.56. The van der Waals surface area contributed by atoms with Crippen molar-refractivity contribution in [2.75, 3.05) is 21.3 Å². The normalized spacial score (nSPS) is 9.19. The summed E-state index contributed by atoms with van der Waals surface area (Å²) in [6.07, 6.45) is 0. The molecular weight excluding hydrogens is 210 g/mol. The molecular formula is C10H13N3O3. The zero-order chi connectivity index (χ0) is 12.0. The van der Waals surface area contributed by atoms with E-state index in [-0.39, 0.29) is 6.54 Å². The van der Waals surface area contributed by atoms with Crippen LogP contribution < -0.4 is 14.2 Å². The smallest absolute Gasteiger partial charge is 0.164 e. The van der Waals surface area contributed by atoms with Gasteiger partial charge in [0, 0.05) is 16.5 Å². The molecule has 0 radical (unpaired) electrons. The van der Waals surface area contributed by atoms with Crippen molar-refractivity contribution < 1.29 is 14.2 Å². The van der Waals surface area contributed by atoms with Gasteiger partial charge in [-0.1, -0.05) is 5.11 Å². The summed E-state index contributed by atoms with van der Waals surface area (Å²) in [6, 6.07) is 3.42. The largest absolute Gasteiger partial charge is 0.496 e. The Morgan fingerprint density at radius 3 is 2.12 bits per heavy atom. The number of hydrogen-bond acceptors (Lipinski definition) is 4. The number of rotatable bonds is 5. The van der Waals surface area contributed by atoms with Gasteiger partial charge < -0.3 is 14.2 Å². The number of azide groups is 1. The fraction of sp³-hybridized carbons (Fsp3) is 0.400. The molecule has 1 rings (SSSR count). The molecule has 0 N–H and O–H groups in total. The van der Waals surface area contributed by atoms with E-state index < -0.39 is 0 Å². The van der Waals surface area contributed by atoms with Crippen molar-refractivity contribution in [2.45, 2.75) is 6.54 Å². The minimum absolute atomic E-state index is 0.208. The molecule has 0 aliphatic carbocycles. The van der Waals surface area contributed by atoms with Crippen LogP contribution in [-0.2, 0) is 6.54 Å². The Morgan fingerprint density at radius 1 is 1.06 bits per heavy atom. The average molecular weight is 223 g/mol. The van der Waals surface area contributed by atoms with Gasteiger partial charge in [0.15, 0.2) is 11.5 Å². The number of hydrogen-bond donors (Lipinski definition) is 0. The third kappa shape index (κ3) is 2.49. The monoisotopic (exact) mass is 223 g/mol. The topological polar surface area (TPSA) is 76.5 Å². The quantitative estimate of drug-likeness (QED) is 0.437. The predicted octanol–water partition coefficient (Wildman–Crippen LogP) is 2.52. The molecule has 0 amide bonds. The lowest BCUT2D eigenvalue weighted by atomic mass is 10.1. The third-order valence-corrected chi connectivity index (χ3v) is 2.09. The predicted molar refractivity (Wildman–Crippen MR) is 58.9 cm³/mol. The van der Waals surface area contributed by atoms with Crippen molar-refractivity contribution in [1.29, 1.82) is 0 Å². The lowest BCUT2D eigenvalue weighted by molar-refractivity contribution is 0.347. The van der Waals surface area contributed by atoms with E-state index in [4.69, 9.17) is 19.7 Å². The van der Waals surface area contributed by atoms with Crippen LogP contribution >= 0.6 is 0 Å². The van der Waals surface area contributed by atoms with Gasteiger partial charge in [0.05, 0.1) is 27.9 Å². The first-order valence-corrected chi connectivity index (χ1v) is 4.56. The van der Waals surface area contributed by atoms with E-state index in [1.54, 1.807) is 33.5 Å². The minimum atomic E-state index is 0.208. The average Bonchev–Trinajstić information content (AvgIpc) is 2.35. The molecule has 0 spiro atoms. The van der Waals surface area contributed by atoms with Crippen molar-refractivity contribution in [3.63, 3.8) is 0 Å². The number of ether oxygens (including phenoxy) is 3. The molecule has 6 heteroatoms. The molecule has 0 aromatic heterocycles. The van der Waals surface area contributed by atoms with Crippen LogP contribution in [0.1, 0.15) is 5.56 Å². The molecule has 1 aromatic carbocycles. The van der Waals surface area contributed by atoms with Crippen LogP contribution in [0, 0.1) is 0 Å². The Morgan fingerprint density at radius 2 is 1.62 bits per heavy atom. The van der Waals surface area contributed by atoms with Crippen LogP contribution in [0.4, 0.5) is 0 Å². The first-order chi connectivity index (χ1) is 7.76. The Bertz CT molecular complexity index is 414. The van der Waals surface area contributed by atoms with Gasteiger partial charge >= 0.3 is 0 Å². The Hall–Kier alpha value is -2.07. The van der Waals surface area contributed by atoms with Gasteiger partial charge in [-0.3, -0.25) is 0 Å². The Labute approximate surface area is 93.4 Å². The van der Waals surface area contributed by atoms with Gasteiger partial charge in [-0.25, -0.2) is 0 Å². The van der Waals surface area contributed by atoms with Gasteiger partial charge in [0.25, 0.3) is 0 Å². The van der Waals surface area contributed by atoms with E-state index in [0.717, 1.165) is 5.56 Å². The molecule has 86 valence electrons. The van der Waals surface area contributed by atoms with Crippen molar-refractivity contribution in [2.24, 2.45) is 5.11 Å². The molecule has 0 bridgehead atoms. The number of benzene rings is 1. The third-order valence-electron chi connectivity index (χ3n) is 2.09. The van der Waals surface area contributed by atoms with E-state index in [1.165, 1.54) is 0 Å². The fourth-order valence-corrected chi connectivity index (χ4v) is 1.32. The zero-order valence-corrected chi connectivity index (χ0v) is 9.43. The molecule has 0 saturated heterocycles. The summed E-state index contributed by atoms with van der Waals surface area (Å²) in [6.45, 7) is 0.208. The molecule has 0 fully saturated rings. The molecule has 0 saturated carbocycles. The minimum Gasteiger partial charge on any atom is -0.496 e. The first kappa shape index (κ1) is 12.0. The van der Waals surface area contributed by atoms with Crippen LogP contribution in [0.3, 0.4) is 0 Å². The second-order valence-electron chi connectivity index (χ2n) is 2.91. The lowest BCUT2D eigenvalue weighted by Gasteiger charge is -2.12. The summed E-state index contributed by atoms with van der Waals surface area (Å²) < 4.78 is 15.4. The molecule has 0 unspecified atom stereocenters. The van der Waals surface area contributed by atoms with Gasteiger partial charge in [0.1, 0.15) is 5.75 Å². The van der Waals surface area contributed by atoms with Gasteiger partial charge in [-0.15, -0.1) is 0 Å². The van der Waals surface area contributed by atoms with Crippen molar-refractivity contribution >= 4 is 0 Å². The lowest BCUT2D eigenvalue weighted by Crippen LogP contribution is -1.96. The molecule has 0 atom stereocenters. The van der Waals surface area contributed by atoms with Crippen molar-refractivity contribution in [3.8, 4) is 17.2 Å². The van der Waals surface area contributed by atoms with E-state index in [0.29, 0.717) is 17.2 Å². The van der Waals surface area contributed by atoms with E-state index in [1.807, 2.05) is 0 Å². The molecule has 16 heavy (non-hydrogen) atoms. The summed E-state index contributed by atoms with van der Waals surface area (Å²) >= 11 is 0. The van der Waals surface area contributed by atoms with Crippen LogP contribution in [0.5, 0.6) is 17.2 Å². The van der Waals surface area contributed by atoms with Crippen molar-refractivity contribution in [1.82, 2.24) is 0 Å². The van der Waals surface area contributed by atoms with Gasteiger partial charge in [0.2, 0.25) is 0 Å². The number of methoxy groups -OCH3 is 3. The maximum Gasteiger partial charge on any atom is 0.164 e. The summed E-state index contributed by atoms with van der Waals surface area (Å²) in [4.78, 5) is 2.70. The SMILES string of the molecule is COc1cc(OC)c(OC)cc1CN=[N+]=[N-]. The molecule has 1 aromatic rings. The maximum absolute atomic E-state index is 8.28. The standard InChI is InChI=1S/C10H13N3O3/c1-14-8-5-10(16-3)9(15-2)4-7(8)6-12-13-11/h4-5H,6H2,1-3H3. The summed E-state index contributed by atoms with van der Waals surface area (Å²) in [5.74, 6) is 1.75. The molecule has 0 heterocycles. The van der Waals surface area contributed by atoms with E-state index in [9.17, 15) is 0 Å². The van der Waals surface area contributed by atoms with Crippen LogP contribution in [-0.4, -0.2) is 21.3 Å². The highest BCUT2D eigenvalue weighted by molar-refractivity contribution is 5.50. The molecule has 0 aliphatic rings. The highest BCUT2D eigenvalue weighted by Gasteiger charge is 2.10. The highest BCUT2D eigenvalue weighted by Crippen LogP contribution is 2.34. The van der Waals surface area contributed by atoms with Crippen molar-refractivity contribution in [3.05, 3.63) is 28.1 Å². The molecule has 0 aliphatic heterocycles. The molecule has 6 nitrogen and oxygen atoms in total. The van der Waals surface area contributed by atoms with E-state index in [2.05, 4.69) is 10.0 Å². The second-order valence-corrected chi connectivity index (χ2v) is 2.91. The summed E-state index contributed by atoms with van der Waals surface area (Å²) in [5.41, 5.74) is 9.03. The van der Waals surface area contributed by atoms with Crippen LogP contribution in [0.15, 0.2) is 17.2 Å². The maximum atomic E-state index is 8.28. The Balaban J connectivity index is 3.19. The van der Waals surface area contributed by atoms with Crippen LogP contribution in [0.2, 0.25) is 0 Å². The zero-order valence-electron chi connectivity index (χ0n) is 9.43. The second kappa shape index (κ2) is 5.72. The Kier molecular flexibility index (Phi) is 4.29. The highest BCUT2D eigenvalue weighted by atomic mass is 16.5.